The summed E-state index contributed by atoms with van der Waals surface area (Å²) in [6, 6.07) is 1.08. The first kappa shape index (κ1) is 13.0. The van der Waals surface area contributed by atoms with Crippen LogP contribution in [0.15, 0.2) is 10.5 Å². The zero-order valence-corrected chi connectivity index (χ0v) is 10.7. The van der Waals surface area contributed by atoms with Gasteiger partial charge in [0, 0.05) is 11.6 Å². The maximum Gasteiger partial charge on any atom is 0.305 e. The molecular formula is C11H14BrNO3. The van der Waals surface area contributed by atoms with E-state index < -0.39 is 12.0 Å². The number of carbonyl (C=O) groups is 1. The van der Waals surface area contributed by atoms with E-state index in [1.807, 2.05) is 13.8 Å². The summed E-state index contributed by atoms with van der Waals surface area (Å²) >= 11 is 3.21. The van der Waals surface area contributed by atoms with Crippen molar-refractivity contribution in [2.75, 3.05) is 0 Å². The first-order valence-electron chi connectivity index (χ1n) is 4.80. The van der Waals surface area contributed by atoms with Gasteiger partial charge in [0.1, 0.15) is 5.75 Å². The maximum absolute atomic E-state index is 10.6. The summed E-state index contributed by atoms with van der Waals surface area (Å²) in [6.45, 7) is 3.70. The first-order valence-corrected chi connectivity index (χ1v) is 5.59. The van der Waals surface area contributed by atoms with Crippen LogP contribution in [0.1, 0.15) is 29.2 Å². The molecule has 0 spiro atoms. The predicted molar refractivity (Wildman–Crippen MR) is 64.5 cm³/mol. The number of rotatable bonds is 3. The molecule has 0 heterocycles. The summed E-state index contributed by atoms with van der Waals surface area (Å²) in [7, 11) is 0. The van der Waals surface area contributed by atoms with Crippen molar-refractivity contribution in [1.29, 1.82) is 0 Å². The van der Waals surface area contributed by atoms with Crippen molar-refractivity contribution >= 4 is 21.9 Å². The van der Waals surface area contributed by atoms with Gasteiger partial charge in [-0.05, 0) is 47.0 Å². The van der Waals surface area contributed by atoms with E-state index in [1.54, 1.807) is 6.07 Å². The van der Waals surface area contributed by atoms with Crippen LogP contribution in [0.25, 0.3) is 0 Å². The Balaban J connectivity index is 3.26. The molecule has 88 valence electrons. The lowest BCUT2D eigenvalue weighted by Crippen LogP contribution is -2.17. The lowest BCUT2D eigenvalue weighted by Gasteiger charge is -2.17. The summed E-state index contributed by atoms with van der Waals surface area (Å²) in [6.07, 6.45) is -0.204. The van der Waals surface area contributed by atoms with Crippen molar-refractivity contribution in [3.05, 3.63) is 27.2 Å². The Labute approximate surface area is 102 Å². The van der Waals surface area contributed by atoms with Crippen molar-refractivity contribution in [2.24, 2.45) is 5.73 Å². The van der Waals surface area contributed by atoms with Crippen LogP contribution in [-0.4, -0.2) is 16.2 Å². The van der Waals surface area contributed by atoms with Crippen molar-refractivity contribution in [3.63, 3.8) is 0 Å². The molecule has 0 aliphatic rings. The molecular weight excluding hydrogens is 274 g/mol. The molecule has 0 bridgehead atoms. The molecule has 1 aromatic rings. The van der Waals surface area contributed by atoms with E-state index >= 15 is 0 Å². The van der Waals surface area contributed by atoms with Gasteiger partial charge in [-0.25, -0.2) is 0 Å². The van der Waals surface area contributed by atoms with Gasteiger partial charge in [0.2, 0.25) is 0 Å². The summed E-state index contributed by atoms with van der Waals surface area (Å²) < 4.78 is 0.534. The Morgan fingerprint density at radius 1 is 1.56 bits per heavy atom. The van der Waals surface area contributed by atoms with Crippen molar-refractivity contribution in [1.82, 2.24) is 0 Å². The van der Waals surface area contributed by atoms with Crippen molar-refractivity contribution < 1.29 is 15.0 Å². The number of phenolic OH excluding ortho intramolecular Hbond substituents is 1. The molecule has 4 N–H and O–H groups in total. The number of hydrogen-bond acceptors (Lipinski definition) is 3. The molecule has 1 rings (SSSR count). The SMILES string of the molecule is Cc1cc(Br)c(O)c(C(N)CC(=O)O)c1C. The molecule has 4 nitrogen and oxygen atoms in total. The van der Waals surface area contributed by atoms with Gasteiger partial charge in [-0.2, -0.15) is 0 Å². The topological polar surface area (TPSA) is 83.5 Å². The normalized spacial score (nSPS) is 12.5. The summed E-state index contributed by atoms with van der Waals surface area (Å²) in [4.78, 5) is 10.6. The molecule has 0 radical (unpaired) electrons. The Morgan fingerprint density at radius 2 is 2.12 bits per heavy atom. The average molecular weight is 288 g/mol. The van der Waals surface area contributed by atoms with Gasteiger partial charge < -0.3 is 15.9 Å². The Bertz CT molecular complexity index is 405. The van der Waals surface area contributed by atoms with Crippen LogP contribution >= 0.6 is 15.9 Å². The minimum atomic E-state index is -0.982. The number of hydrogen-bond donors (Lipinski definition) is 3. The van der Waals surface area contributed by atoms with E-state index in [9.17, 15) is 9.90 Å². The molecule has 0 saturated carbocycles. The van der Waals surface area contributed by atoms with Gasteiger partial charge in [-0.1, -0.05) is 0 Å². The summed E-state index contributed by atoms with van der Waals surface area (Å²) in [5, 5.41) is 18.6. The van der Waals surface area contributed by atoms with Crippen molar-refractivity contribution in [3.8, 4) is 5.75 Å². The second kappa shape index (κ2) is 4.84. The fraction of sp³-hybridized carbons (Fsp3) is 0.364. The Hall–Kier alpha value is -1.07. The van der Waals surface area contributed by atoms with Crippen LogP contribution in [0, 0.1) is 13.8 Å². The van der Waals surface area contributed by atoms with Gasteiger partial charge >= 0.3 is 5.97 Å². The highest BCUT2D eigenvalue weighted by atomic mass is 79.9. The molecule has 0 aliphatic heterocycles. The molecule has 0 aromatic heterocycles. The van der Waals surface area contributed by atoms with E-state index in [-0.39, 0.29) is 12.2 Å². The highest BCUT2D eigenvalue weighted by molar-refractivity contribution is 9.10. The fourth-order valence-corrected chi connectivity index (χ4v) is 2.19. The number of aliphatic carboxylic acids is 1. The van der Waals surface area contributed by atoms with Crippen LogP contribution in [0.2, 0.25) is 0 Å². The molecule has 0 aliphatic carbocycles. The second-order valence-corrected chi connectivity index (χ2v) is 4.62. The largest absolute Gasteiger partial charge is 0.506 e. The molecule has 0 saturated heterocycles. The fourth-order valence-electron chi connectivity index (χ4n) is 1.63. The zero-order valence-electron chi connectivity index (χ0n) is 9.12. The number of halogens is 1. The molecule has 1 unspecified atom stereocenters. The predicted octanol–water partition coefficient (Wildman–Crippen LogP) is 2.25. The van der Waals surface area contributed by atoms with Crippen LogP contribution in [-0.2, 0) is 4.79 Å². The maximum atomic E-state index is 10.6. The zero-order chi connectivity index (χ0) is 12.5. The van der Waals surface area contributed by atoms with Crippen molar-refractivity contribution in [2.45, 2.75) is 26.3 Å². The van der Waals surface area contributed by atoms with E-state index in [2.05, 4.69) is 15.9 Å². The number of phenols is 1. The number of aromatic hydroxyl groups is 1. The first-order chi connectivity index (χ1) is 7.34. The minimum Gasteiger partial charge on any atom is -0.506 e. The number of nitrogens with two attached hydrogens (primary N) is 1. The van der Waals surface area contributed by atoms with Crippen LogP contribution in [0.4, 0.5) is 0 Å². The van der Waals surface area contributed by atoms with Crippen LogP contribution in [0.5, 0.6) is 5.75 Å². The smallest absolute Gasteiger partial charge is 0.305 e. The number of benzene rings is 1. The van der Waals surface area contributed by atoms with E-state index in [0.29, 0.717) is 10.0 Å². The van der Waals surface area contributed by atoms with Gasteiger partial charge in [0.05, 0.1) is 10.9 Å². The van der Waals surface area contributed by atoms with Gasteiger partial charge in [-0.3, -0.25) is 4.79 Å². The molecule has 1 aromatic carbocycles. The molecule has 0 fully saturated rings. The standard InChI is InChI=1S/C11H14BrNO3/c1-5-3-7(12)11(16)10(6(5)2)8(13)4-9(14)15/h3,8,16H,4,13H2,1-2H3,(H,14,15). The quantitative estimate of drug-likeness (QED) is 0.796. The molecule has 5 heteroatoms. The highest BCUT2D eigenvalue weighted by Gasteiger charge is 2.20. The summed E-state index contributed by atoms with van der Waals surface area (Å²) in [5.41, 5.74) is 8.06. The lowest BCUT2D eigenvalue weighted by molar-refractivity contribution is -0.137. The number of carboxylic acid groups (broad SMARTS) is 1. The molecule has 16 heavy (non-hydrogen) atoms. The van der Waals surface area contributed by atoms with Crippen LogP contribution in [0.3, 0.4) is 0 Å². The number of carboxylic acids is 1. The average Bonchev–Trinajstić information content (AvgIpc) is 2.14. The Morgan fingerprint density at radius 3 is 2.62 bits per heavy atom. The third-order valence-corrected chi connectivity index (χ3v) is 3.19. The highest BCUT2D eigenvalue weighted by Crippen LogP contribution is 2.36. The van der Waals surface area contributed by atoms with Gasteiger partial charge in [0.25, 0.3) is 0 Å². The molecule has 0 amide bonds. The monoisotopic (exact) mass is 287 g/mol. The van der Waals surface area contributed by atoms with E-state index in [0.717, 1.165) is 11.1 Å². The van der Waals surface area contributed by atoms with Crippen LogP contribution < -0.4 is 5.73 Å². The van der Waals surface area contributed by atoms with E-state index in [1.165, 1.54) is 0 Å². The number of aryl methyl sites for hydroxylation is 1. The van der Waals surface area contributed by atoms with Gasteiger partial charge in [0.15, 0.2) is 0 Å². The van der Waals surface area contributed by atoms with E-state index in [4.69, 9.17) is 10.8 Å². The lowest BCUT2D eigenvalue weighted by atomic mass is 9.95. The Kier molecular flexibility index (Phi) is 3.93. The second-order valence-electron chi connectivity index (χ2n) is 3.77. The third-order valence-electron chi connectivity index (χ3n) is 2.59. The van der Waals surface area contributed by atoms with Gasteiger partial charge in [-0.15, -0.1) is 0 Å². The summed E-state index contributed by atoms with van der Waals surface area (Å²) in [5.74, 6) is -0.958. The third kappa shape index (κ3) is 2.54. The minimum absolute atomic E-state index is 0.0249. The molecule has 1 atom stereocenters.